The number of fused-ring (bicyclic) bond motifs is 1. The number of halogens is 1. The third-order valence-electron chi connectivity index (χ3n) is 4.17. The number of nitrogens with zero attached hydrogens (tertiary/aromatic N) is 1. The topological polar surface area (TPSA) is 98.1 Å². The van der Waals surface area contributed by atoms with Crippen LogP contribution in [0.2, 0.25) is 0 Å². The molecule has 0 amide bonds. The maximum absolute atomic E-state index is 13.6. The van der Waals surface area contributed by atoms with Crippen molar-refractivity contribution in [3.05, 3.63) is 47.9 Å². The summed E-state index contributed by atoms with van der Waals surface area (Å²) in [5.41, 5.74) is -0.366. The van der Waals surface area contributed by atoms with Gasteiger partial charge in [0.1, 0.15) is 23.1 Å². The van der Waals surface area contributed by atoms with Gasteiger partial charge in [0.2, 0.25) is 5.88 Å². The Balaban J connectivity index is 1.92. The van der Waals surface area contributed by atoms with Crippen LogP contribution >= 0.6 is 0 Å². The quantitative estimate of drug-likeness (QED) is 0.443. The smallest absolute Gasteiger partial charge is 0.360 e. The van der Waals surface area contributed by atoms with Gasteiger partial charge in [-0.3, -0.25) is 0 Å². The van der Waals surface area contributed by atoms with E-state index in [4.69, 9.17) is 14.2 Å². The van der Waals surface area contributed by atoms with Gasteiger partial charge in [-0.2, -0.15) is 0 Å². The Morgan fingerprint density at radius 1 is 1.07 bits per heavy atom. The van der Waals surface area contributed by atoms with E-state index < -0.39 is 23.4 Å². The van der Waals surface area contributed by atoms with Gasteiger partial charge >= 0.3 is 5.97 Å². The van der Waals surface area contributed by atoms with Crippen molar-refractivity contribution >= 4 is 16.7 Å². The van der Waals surface area contributed by atoms with Crippen molar-refractivity contribution in [1.82, 2.24) is 4.98 Å². The van der Waals surface area contributed by atoms with E-state index in [1.165, 1.54) is 43.5 Å². The first-order valence-electron chi connectivity index (χ1n) is 8.98. The van der Waals surface area contributed by atoms with Crippen LogP contribution in [0.5, 0.6) is 28.9 Å². The van der Waals surface area contributed by atoms with E-state index in [0.717, 1.165) is 6.42 Å². The number of methoxy groups -OCH3 is 1. The van der Waals surface area contributed by atoms with Crippen LogP contribution in [0, 0.1) is 5.82 Å². The van der Waals surface area contributed by atoms with Crippen molar-refractivity contribution in [2.24, 2.45) is 0 Å². The van der Waals surface area contributed by atoms with Crippen LogP contribution in [0.15, 0.2) is 36.4 Å². The summed E-state index contributed by atoms with van der Waals surface area (Å²) in [6.45, 7) is 2.14. The largest absolute Gasteiger partial charge is 0.505 e. The number of unbranched alkanes of at least 4 members (excludes halogenated alkanes) is 1. The normalized spacial score (nSPS) is 10.7. The van der Waals surface area contributed by atoms with Crippen LogP contribution in [0.4, 0.5) is 4.39 Å². The van der Waals surface area contributed by atoms with Crippen molar-refractivity contribution in [3.63, 3.8) is 0 Å². The lowest BCUT2D eigenvalue weighted by molar-refractivity contribution is 0.0488. The first-order valence-corrected chi connectivity index (χ1v) is 8.98. The zero-order chi connectivity index (χ0) is 21.0. The fraction of sp³-hybridized carbons (Fsp3) is 0.238. The van der Waals surface area contributed by atoms with Gasteiger partial charge in [0.15, 0.2) is 11.4 Å². The highest BCUT2D eigenvalue weighted by Crippen LogP contribution is 2.37. The number of pyridine rings is 1. The molecule has 152 valence electrons. The summed E-state index contributed by atoms with van der Waals surface area (Å²) in [6.07, 6.45) is 1.52. The first kappa shape index (κ1) is 20.2. The van der Waals surface area contributed by atoms with Gasteiger partial charge in [-0.25, -0.2) is 14.2 Å². The summed E-state index contributed by atoms with van der Waals surface area (Å²) < 4.78 is 29.3. The minimum atomic E-state index is -0.819. The van der Waals surface area contributed by atoms with E-state index >= 15 is 0 Å². The van der Waals surface area contributed by atoms with Crippen LogP contribution in [0.1, 0.15) is 30.3 Å². The first-order chi connectivity index (χ1) is 13.9. The third kappa shape index (κ3) is 4.48. The van der Waals surface area contributed by atoms with Gasteiger partial charge in [-0.05, 0) is 24.6 Å². The molecule has 0 radical (unpaired) electrons. The van der Waals surface area contributed by atoms with E-state index in [9.17, 15) is 19.4 Å². The molecule has 0 saturated carbocycles. The molecule has 8 heteroatoms. The number of aromatic nitrogens is 1. The van der Waals surface area contributed by atoms with Gasteiger partial charge < -0.3 is 24.4 Å². The maximum atomic E-state index is 13.6. The lowest BCUT2D eigenvalue weighted by atomic mass is 10.1. The minimum Gasteiger partial charge on any atom is -0.505 e. The highest BCUT2D eigenvalue weighted by molar-refractivity contribution is 6.01. The number of carbonyl (C=O) groups excluding carboxylic acids is 1. The molecule has 0 atom stereocenters. The number of hydrogen-bond acceptors (Lipinski definition) is 7. The Morgan fingerprint density at radius 3 is 2.55 bits per heavy atom. The molecule has 0 aliphatic carbocycles. The lowest BCUT2D eigenvalue weighted by Crippen LogP contribution is -2.09. The molecule has 0 aliphatic heterocycles. The van der Waals surface area contributed by atoms with Crippen LogP contribution in [-0.4, -0.2) is 34.9 Å². The van der Waals surface area contributed by atoms with Gasteiger partial charge in [0.05, 0.1) is 19.1 Å². The molecule has 1 aromatic heterocycles. The Kier molecular flexibility index (Phi) is 6.01. The summed E-state index contributed by atoms with van der Waals surface area (Å²) in [7, 11) is 1.41. The van der Waals surface area contributed by atoms with Crippen molar-refractivity contribution < 1.29 is 33.6 Å². The second kappa shape index (κ2) is 8.64. The molecule has 0 spiro atoms. The molecule has 3 aromatic rings. The number of rotatable bonds is 7. The van der Waals surface area contributed by atoms with Crippen LogP contribution in [0.25, 0.3) is 10.8 Å². The van der Waals surface area contributed by atoms with Crippen LogP contribution in [-0.2, 0) is 4.74 Å². The number of aromatic hydroxyl groups is 2. The van der Waals surface area contributed by atoms with E-state index in [0.29, 0.717) is 6.42 Å². The van der Waals surface area contributed by atoms with Gasteiger partial charge in [0.25, 0.3) is 0 Å². The van der Waals surface area contributed by atoms with Gasteiger partial charge in [0, 0.05) is 23.6 Å². The molecule has 0 aliphatic rings. The minimum absolute atomic E-state index is 0.161. The van der Waals surface area contributed by atoms with Crippen molar-refractivity contribution in [3.8, 4) is 28.9 Å². The van der Waals surface area contributed by atoms with Crippen molar-refractivity contribution in [2.75, 3.05) is 13.7 Å². The van der Waals surface area contributed by atoms with Crippen molar-refractivity contribution in [2.45, 2.75) is 19.8 Å². The second-order valence-corrected chi connectivity index (χ2v) is 6.26. The molecule has 0 fully saturated rings. The van der Waals surface area contributed by atoms with E-state index in [1.807, 2.05) is 6.92 Å². The Bertz CT molecular complexity index is 1050. The molecule has 3 rings (SSSR count). The Hall–Kier alpha value is -3.55. The Labute approximate surface area is 166 Å². The zero-order valence-corrected chi connectivity index (χ0v) is 15.9. The molecule has 0 unspecified atom stereocenters. The fourth-order valence-corrected chi connectivity index (χ4v) is 2.69. The lowest BCUT2D eigenvalue weighted by Gasteiger charge is -2.11. The molecular weight excluding hydrogens is 381 g/mol. The van der Waals surface area contributed by atoms with Gasteiger partial charge in [-0.1, -0.05) is 13.3 Å². The van der Waals surface area contributed by atoms with E-state index in [-0.39, 0.29) is 40.3 Å². The summed E-state index contributed by atoms with van der Waals surface area (Å²) in [4.78, 5) is 15.9. The summed E-state index contributed by atoms with van der Waals surface area (Å²) in [6, 6.07) is 8.27. The standard InChI is InChI=1S/C21H20FNO6/c1-3-4-7-28-21(26)18-19(24)16-6-5-13(11-17(16)20(25)23-18)29-15-9-12(22)8-14(10-15)27-2/h5-6,8-11,24H,3-4,7H2,1-2H3,(H,23,25). The Morgan fingerprint density at radius 2 is 1.83 bits per heavy atom. The molecule has 7 nitrogen and oxygen atoms in total. The predicted octanol–water partition coefficient (Wildman–Crippen LogP) is 4.54. The highest BCUT2D eigenvalue weighted by atomic mass is 19.1. The molecule has 2 aromatic carbocycles. The average Bonchev–Trinajstić information content (AvgIpc) is 2.70. The molecule has 29 heavy (non-hydrogen) atoms. The second-order valence-electron chi connectivity index (χ2n) is 6.26. The summed E-state index contributed by atoms with van der Waals surface area (Å²) >= 11 is 0. The average molecular weight is 401 g/mol. The number of benzene rings is 2. The number of esters is 1. The number of carbonyl (C=O) groups is 1. The predicted molar refractivity (Wildman–Crippen MR) is 103 cm³/mol. The summed E-state index contributed by atoms with van der Waals surface area (Å²) in [5.74, 6) is -1.49. The van der Waals surface area contributed by atoms with Crippen LogP contribution in [0.3, 0.4) is 0 Å². The third-order valence-corrected chi connectivity index (χ3v) is 4.17. The van der Waals surface area contributed by atoms with Crippen LogP contribution < -0.4 is 9.47 Å². The molecular formula is C21H20FNO6. The maximum Gasteiger partial charge on any atom is 0.360 e. The molecule has 0 bridgehead atoms. The zero-order valence-electron chi connectivity index (χ0n) is 15.9. The SMILES string of the molecule is CCCCOC(=O)c1nc(O)c2cc(Oc3cc(F)cc(OC)c3)ccc2c1O. The molecule has 0 saturated heterocycles. The summed E-state index contributed by atoms with van der Waals surface area (Å²) in [5, 5.41) is 21.0. The fourth-order valence-electron chi connectivity index (χ4n) is 2.69. The highest BCUT2D eigenvalue weighted by Gasteiger charge is 2.21. The van der Waals surface area contributed by atoms with E-state index in [1.54, 1.807) is 0 Å². The van der Waals surface area contributed by atoms with Crippen molar-refractivity contribution in [1.29, 1.82) is 0 Å². The molecule has 1 heterocycles. The number of ether oxygens (including phenoxy) is 3. The van der Waals surface area contributed by atoms with E-state index in [2.05, 4.69) is 4.98 Å². The van der Waals surface area contributed by atoms with Gasteiger partial charge in [-0.15, -0.1) is 0 Å². The number of hydrogen-bond donors (Lipinski definition) is 2. The molecule has 2 N–H and O–H groups in total. The monoisotopic (exact) mass is 401 g/mol.